The zero-order valence-electron chi connectivity index (χ0n) is 19.2. The predicted molar refractivity (Wildman–Crippen MR) is 119 cm³/mol. The first-order valence-electron chi connectivity index (χ1n) is 12.5. The fraction of sp³-hybridized carbons (Fsp3) is 0.960. The van der Waals surface area contributed by atoms with Crippen LogP contribution >= 0.6 is 0 Å². The molecule has 0 amide bonds. The standard InChI is InChI=1S/C25H44O2Si/c1-6-28(7-2,8-3)27-23-12-11-21-20-10-9-18-17-19(26)13-15-24(18,4)22(20)14-16-25(21,23)5/h18,20-23H,6-17H2,1-5H3. The summed E-state index contributed by atoms with van der Waals surface area (Å²) in [6.07, 6.45) is 11.5. The average molecular weight is 405 g/mol. The normalized spacial score (nSPS) is 46.0. The first-order chi connectivity index (χ1) is 13.3. The molecule has 0 aromatic rings. The van der Waals surface area contributed by atoms with Gasteiger partial charge in [-0.2, -0.15) is 0 Å². The van der Waals surface area contributed by atoms with Crippen LogP contribution in [0.2, 0.25) is 18.1 Å². The van der Waals surface area contributed by atoms with Gasteiger partial charge in [-0.05, 0) is 97.6 Å². The summed E-state index contributed by atoms with van der Waals surface area (Å²) in [5.41, 5.74) is 0.846. The summed E-state index contributed by atoms with van der Waals surface area (Å²) in [6, 6.07) is 3.82. The fourth-order valence-corrected chi connectivity index (χ4v) is 11.5. The van der Waals surface area contributed by atoms with Crippen molar-refractivity contribution in [1.82, 2.24) is 0 Å². The van der Waals surface area contributed by atoms with Gasteiger partial charge in [0.2, 0.25) is 0 Å². The number of Topliss-reactive ketones (excluding diaryl/α,β-unsaturated/α-hetero) is 1. The number of carbonyl (C=O) groups is 1. The van der Waals surface area contributed by atoms with E-state index in [0.29, 0.717) is 28.6 Å². The summed E-state index contributed by atoms with van der Waals surface area (Å²) in [4.78, 5) is 12.1. The molecule has 160 valence electrons. The van der Waals surface area contributed by atoms with Crippen LogP contribution < -0.4 is 0 Å². The van der Waals surface area contributed by atoms with E-state index in [1.165, 1.54) is 63.1 Å². The summed E-state index contributed by atoms with van der Waals surface area (Å²) >= 11 is 0. The molecule has 4 aliphatic rings. The van der Waals surface area contributed by atoms with Crippen LogP contribution in [0.5, 0.6) is 0 Å². The number of rotatable bonds is 5. The second kappa shape index (κ2) is 7.52. The highest BCUT2D eigenvalue weighted by Crippen LogP contribution is 2.66. The van der Waals surface area contributed by atoms with E-state index >= 15 is 0 Å². The third kappa shape index (κ3) is 3.09. The van der Waals surface area contributed by atoms with Gasteiger partial charge in [-0.1, -0.05) is 34.6 Å². The molecule has 4 fully saturated rings. The molecular weight excluding hydrogens is 360 g/mol. The van der Waals surface area contributed by atoms with Gasteiger partial charge < -0.3 is 4.43 Å². The molecule has 0 aliphatic heterocycles. The monoisotopic (exact) mass is 404 g/mol. The third-order valence-electron chi connectivity index (χ3n) is 10.7. The number of hydrogen-bond acceptors (Lipinski definition) is 2. The number of fused-ring (bicyclic) bond motifs is 5. The first-order valence-corrected chi connectivity index (χ1v) is 15.0. The smallest absolute Gasteiger partial charge is 0.192 e. The van der Waals surface area contributed by atoms with Crippen LogP contribution in [0, 0.1) is 34.5 Å². The van der Waals surface area contributed by atoms with E-state index in [-0.39, 0.29) is 0 Å². The second-order valence-corrected chi connectivity index (χ2v) is 16.1. The molecule has 7 atom stereocenters. The maximum absolute atomic E-state index is 12.1. The van der Waals surface area contributed by atoms with Crippen molar-refractivity contribution in [2.45, 2.75) is 117 Å². The van der Waals surface area contributed by atoms with Crippen LogP contribution in [0.15, 0.2) is 0 Å². The minimum Gasteiger partial charge on any atom is -0.413 e. The highest BCUT2D eigenvalue weighted by molar-refractivity contribution is 6.73. The van der Waals surface area contributed by atoms with Gasteiger partial charge in [-0.15, -0.1) is 0 Å². The van der Waals surface area contributed by atoms with E-state index in [1.807, 2.05) is 0 Å². The zero-order chi connectivity index (χ0) is 20.2. The molecule has 28 heavy (non-hydrogen) atoms. The Morgan fingerprint density at radius 1 is 0.893 bits per heavy atom. The Balaban J connectivity index is 1.54. The van der Waals surface area contributed by atoms with Gasteiger partial charge >= 0.3 is 0 Å². The van der Waals surface area contributed by atoms with Crippen LogP contribution in [0.1, 0.15) is 92.4 Å². The quantitative estimate of drug-likeness (QED) is 0.462. The minimum atomic E-state index is -1.54. The van der Waals surface area contributed by atoms with Crippen LogP contribution in [0.25, 0.3) is 0 Å². The lowest BCUT2D eigenvalue weighted by molar-refractivity contribution is -0.141. The number of ketones is 1. The van der Waals surface area contributed by atoms with E-state index in [2.05, 4.69) is 34.6 Å². The fourth-order valence-electron chi connectivity index (χ4n) is 8.49. The van der Waals surface area contributed by atoms with Gasteiger partial charge in [-0.3, -0.25) is 4.79 Å². The molecule has 4 aliphatic carbocycles. The molecule has 0 radical (unpaired) electrons. The Hall–Kier alpha value is -0.153. The van der Waals surface area contributed by atoms with E-state index in [9.17, 15) is 4.79 Å². The van der Waals surface area contributed by atoms with Crippen molar-refractivity contribution in [3.63, 3.8) is 0 Å². The molecule has 3 heteroatoms. The highest BCUT2D eigenvalue weighted by atomic mass is 28.4. The summed E-state index contributed by atoms with van der Waals surface area (Å²) in [7, 11) is -1.54. The average Bonchev–Trinajstić information content (AvgIpc) is 3.03. The van der Waals surface area contributed by atoms with Gasteiger partial charge in [0, 0.05) is 12.8 Å². The molecule has 4 saturated carbocycles. The van der Waals surface area contributed by atoms with Gasteiger partial charge in [-0.25, -0.2) is 0 Å². The van der Waals surface area contributed by atoms with Crippen molar-refractivity contribution in [2.75, 3.05) is 0 Å². The van der Waals surface area contributed by atoms with Gasteiger partial charge in [0.25, 0.3) is 0 Å². The van der Waals surface area contributed by atoms with E-state index in [1.54, 1.807) is 0 Å². The summed E-state index contributed by atoms with van der Waals surface area (Å²) in [6.45, 7) is 12.3. The molecule has 0 heterocycles. The summed E-state index contributed by atoms with van der Waals surface area (Å²) in [5.74, 6) is 3.83. The Kier molecular flexibility index (Phi) is 5.66. The predicted octanol–water partition coefficient (Wildman–Crippen LogP) is 6.99. The molecule has 0 aromatic heterocycles. The van der Waals surface area contributed by atoms with Crippen LogP contribution in [0.3, 0.4) is 0 Å². The van der Waals surface area contributed by atoms with E-state index < -0.39 is 8.32 Å². The molecule has 4 rings (SSSR count). The Morgan fingerprint density at radius 2 is 1.57 bits per heavy atom. The first kappa shape index (κ1) is 21.1. The molecule has 0 spiro atoms. The zero-order valence-corrected chi connectivity index (χ0v) is 20.2. The minimum absolute atomic E-state index is 0.409. The van der Waals surface area contributed by atoms with E-state index in [0.717, 1.165) is 30.6 Å². The maximum atomic E-state index is 12.1. The molecule has 0 bridgehead atoms. The van der Waals surface area contributed by atoms with Crippen molar-refractivity contribution < 1.29 is 9.22 Å². The summed E-state index contributed by atoms with van der Waals surface area (Å²) < 4.78 is 7.14. The number of carbonyl (C=O) groups excluding carboxylic acids is 1. The Labute approximate surface area is 174 Å². The van der Waals surface area contributed by atoms with Crippen molar-refractivity contribution in [1.29, 1.82) is 0 Å². The molecule has 0 saturated heterocycles. The lowest BCUT2D eigenvalue weighted by Gasteiger charge is -2.60. The Morgan fingerprint density at radius 3 is 2.25 bits per heavy atom. The van der Waals surface area contributed by atoms with Gasteiger partial charge in [0.05, 0.1) is 6.10 Å². The third-order valence-corrected chi connectivity index (χ3v) is 15.4. The molecule has 0 N–H and O–H groups in total. The van der Waals surface area contributed by atoms with Crippen molar-refractivity contribution in [3.05, 3.63) is 0 Å². The molecular formula is C25H44O2Si. The van der Waals surface area contributed by atoms with Crippen LogP contribution in [-0.2, 0) is 9.22 Å². The van der Waals surface area contributed by atoms with Gasteiger partial charge in [0.15, 0.2) is 8.32 Å². The molecule has 2 nitrogen and oxygen atoms in total. The topological polar surface area (TPSA) is 26.3 Å². The largest absolute Gasteiger partial charge is 0.413 e. The lowest BCUT2D eigenvalue weighted by Crippen LogP contribution is -2.55. The maximum Gasteiger partial charge on any atom is 0.192 e. The molecule has 0 aromatic carbocycles. The second-order valence-electron chi connectivity index (χ2n) is 11.4. The highest BCUT2D eigenvalue weighted by Gasteiger charge is 2.61. The molecule has 7 unspecified atom stereocenters. The van der Waals surface area contributed by atoms with Crippen LogP contribution in [0.4, 0.5) is 0 Å². The number of hydrogen-bond donors (Lipinski definition) is 0. The van der Waals surface area contributed by atoms with Crippen LogP contribution in [-0.4, -0.2) is 20.2 Å². The van der Waals surface area contributed by atoms with Gasteiger partial charge in [0.1, 0.15) is 5.78 Å². The van der Waals surface area contributed by atoms with E-state index in [4.69, 9.17) is 4.43 Å². The summed E-state index contributed by atoms with van der Waals surface area (Å²) in [5, 5.41) is 0. The SMILES string of the molecule is CC[Si](CC)(CC)OC1CCC2C3CCC4CC(=O)CCC4(C)C3CCC12C. The lowest BCUT2D eigenvalue weighted by atomic mass is 9.45. The van der Waals surface area contributed by atoms with Crippen molar-refractivity contribution >= 4 is 14.1 Å². The Bertz CT molecular complexity index is 591. The van der Waals surface area contributed by atoms with Crippen molar-refractivity contribution in [3.8, 4) is 0 Å². The van der Waals surface area contributed by atoms with Crippen molar-refractivity contribution in [2.24, 2.45) is 34.5 Å².